The molecule has 2 unspecified atom stereocenters. The Morgan fingerprint density at radius 2 is 1.75 bits per heavy atom. The summed E-state index contributed by atoms with van der Waals surface area (Å²) < 4.78 is 25.6. The molecular weight excluding hydrogens is 220 g/mol. The van der Waals surface area contributed by atoms with Gasteiger partial charge in [-0.25, -0.2) is 8.78 Å². The SMILES string of the molecule is Nc1cc(F)c(F)cc1C(O)C(O)CCO. The molecule has 0 bridgehead atoms. The third kappa shape index (κ3) is 2.66. The van der Waals surface area contributed by atoms with Crippen LogP contribution < -0.4 is 5.73 Å². The summed E-state index contributed by atoms with van der Waals surface area (Å²) >= 11 is 0. The summed E-state index contributed by atoms with van der Waals surface area (Å²) in [5, 5.41) is 27.5. The molecule has 0 saturated carbocycles. The van der Waals surface area contributed by atoms with Crippen LogP contribution in [-0.2, 0) is 0 Å². The maximum Gasteiger partial charge on any atom is 0.160 e. The van der Waals surface area contributed by atoms with Crippen LogP contribution in [0.15, 0.2) is 12.1 Å². The number of halogens is 2. The largest absolute Gasteiger partial charge is 0.398 e. The van der Waals surface area contributed by atoms with Gasteiger partial charge < -0.3 is 21.1 Å². The lowest BCUT2D eigenvalue weighted by Crippen LogP contribution is -2.21. The van der Waals surface area contributed by atoms with Crippen molar-refractivity contribution < 1.29 is 24.1 Å². The van der Waals surface area contributed by atoms with Gasteiger partial charge in [0, 0.05) is 23.9 Å². The van der Waals surface area contributed by atoms with E-state index in [0.29, 0.717) is 0 Å². The summed E-state index contributed by atoms with van der Waals surface area (Å²) in [6.07, 6.45) is -2.82. The zero-order valence-electron chi connectivity index (χ0n) is 8.40. The van der Waals surface area contributed by atoms with Crippen LogP contribution in [0.5, 0.6) is 0 Å². The van der Waals surface area contributed by atoms with Gasteiger partial charge in [-0.1, -0.05) is 0 Å². The van der Waals surface area contributed by atoms with E-state index in [4.69, 9.17) is 10.8 Å². The molecule has 0 spiro atoms. The smallest absolute Gasteiger partial charge is 0.160 e. The molecule has 16 heavy (non-hydrogen) atoms. The highest BCUT2D eigenvalue weighted by Gasteiger charge is 2.21. The van der Waals surface area contributed by atoms with Crippen molar-refractivity contribution in [3.63, 3.8) is 0 Å². The fraction of sp³-hybridized carbons (Fsp3) is 0.400. The highest BCUT2D eigenvalue weighted by molar-refractivity contribution is 5.48. The van der Waals surface area contributed by atoms with E-state index < -0.39 is 23.8 Å². The molecule has 5 N–H and O–H groups in total. The Labute approximate surface area is 90.9 Å². The first-order chi connectivity index (χ1) is 7.47. The van der Waals surface area contributed by atoms with E-state index in [1.807, 2.05) is 0 Å². The predicted octanol–water partition coefficient (Wildman–Crippen LogP) is 0.324. The molecule has 0 aromatic heterocycles. The number of benzene rings is 1. The molecule has 0 amide bonds. The number of hydrogen-bond acceptors (Lipinski definition) is 4. The fourth-order valence-corrected chi connectivity index (χ4v) is 1.33. The van der Waals surface area contributed by atoms with E-state index in [1.165, 1.54) is 0 Å². The fourth-order valence-electron chi connectivity index (χ4n) is 1.33. The third-order valence-corrected chi connectivity index (χ3v) is 2.23. The maximum atomic E-state index is 12.9. The molecule has 1 aromatic rings. The van der Waals surface area contributed by atoms with Crippen LogP contribution in [0, 0.1) is 11.6 Å². The molecule has 0 saturated heterocycles. The molecule has 0 aliphatic carbocycles. The van der Waals surface area contributed by atoms with E-state index in [2.05, 4.69) is 0 Å². The second-order valence-corrected chi connectivity index (χ2v) is 3.42. The Hall–Kier alpha value is -1.24. The predicted molar refractivity (Wildman–Crippen MR) is 53.4 cm³/mol. The summed E-state index contributed by atoms with van der Waals surface area (Å²) in [7, 11) is 0. The van der Waals surface area contributed by atoms with Crippen LogP contribution in [0.3, 0.4) is 0 Å². The average Bonchev–Trinajstić information content (AvgIpc) is 2.23. The second-order valence-electron chi connectivity index (χ2n) is 3.42. The molecule has 1 aromatic carbocycles. The first-order valence-corrected chi connectivity index (χ1v) is 4.68. The van der Waals surface area contributed by atoms with Crippen LogP contribution in [0.1, 0.15) is 18.1 Å². The summed E-state index contributed by atoms with van der Waals surface area (Å²) in [5.41, 5.74) is 5.14. The second kappa shape index (κ2) is 5.20. The number of nitrogens with two attached hydrogens (primary N) is 1. The minimum absolute atomic E-state index is 0.0837. The van der Waals surface area contributed by atoms with Crippen LogP contribution >= 0.6 is 0 Å². The molecular formula is C10H13F2NO3. The lowest BCUT2D eigenvalue weighted by atomic mass is 10.0. The van der Waals surface area contributed by atoms with Gasteiger partial charge in [-0.3, -0.25) is 0 Å². The van der Waals surface area contributed by atoms with Crippen molar-refractivity contribution in [3.8, 4) is 0 Å². The summed E-state index contributed by atoms with van der Waals surface area (Å²) in [6, 6.07) is 1.47. The normalized spacial score (nSPS) is 14.8. The van der Waals surface area contributed by atoms with Crippen molar-refractivity contribution in [2.45, 2.75) is 18.6 Å². The Morgan fingerprint density at radius 3 is 2.31 bits per heavy atom. The van der Waals surface area contributed by atoms with E-state index in [9.17, 15) is 19.0 Å². The monoisotopic (exact) mass is 233 g/mol. The van der Waals surface area contributed by atoms with E-state index >= 15 is 0 Å². The Kier molecular flexibility index (Phi) is 4.17. The number of rotatable bonds is 4. The Morgan fingerprint density at radius 1 is 1.19 bits per heavy atom. The molecule has 0 heterocycles. The van der Waals surface area contributed by atoms with Gasteiger partial charge >= 0.3 is 0 Å². The first kappa shape index (κ1) is 12.8. The molecule has 90 valence electrons. The Balaban J connectivity index is 2.99. The van der Waals surface area contributed by atoms with Gasteiger partial charge in [-0.2, -0.15) is 0 Å². The molecule has 6 heteroatoms. The molecule has 0 aliphatic rings. The summed E-state index contributed by atoms with van der Waals surface area (Å²) in [6.45, 7) is -0.332. The van der Waals surface area contributed by atoms with E-state index in [-0.39, 0.29) is 24.3 Å². The molecule has 0 aliphatic heterocycles. The number of anilines is 1. The average molecular weight is 233 g/mol. The van der Waals surface area contributed by atoms with Gasteiger partial charge in [0.15, 0.2) is 11.6 Å². The van der Waals surface area contributed by atoms with Crippen LogP contribution in [0.4, 0.5) is 14.5 Å². The van der Waals surface area contributed by atoms with Gasteiger partial charge in [-0.15, -0.1) is 0 Å². The zero-order valence-corrected chi connectivity index (χ0v) is 8.40. The maximum absolute atomic E-state index is 12.9. The van der Waals surface area contributed by atoms with Crippen molar-refractivity contribution in [1.29, 1.82) is 0 Å². The topological polar surface area (TPSA) is 86.7 Å². The molecule has 1 rings (SSSR count). The van der Waals surface area contributed by atoms with Crippen molar-refractivity contribution >= 4 is 5.69 Å². The van der Waals surface area contributed by atoms with Crippen molar-refractivity contribution in [2.75, 3.05) is 12.3 Å². The zero-order chi connectivity index (χ0) is 12.3. The van der Waals surface area contributed by atoms with E-state index in [0.717, 1.165) is 12.1 Å². The van der Waals surface area contributed by atoms with Gasteiger partial charge in [-0.05, 0) is 12.5 Å². The van der Waals surface area contributed by atoms with Crippen LogP contribution in [0.25, 0.3) is 0 Å². The number of aliphatic hydroxyl groups excluding tert-OH is 3. The highest BCUT2D eigenvalue weighted by atomic mass is 19.2. The van der Waals surface area contributed by atoms with Gasteiger partial charge in [0.25, 0.3) is 0 Å². The first-order valence-electron chi connectivity index (χ1n) is 4.68. The minimum atomic E-state index is -1.46. The standard InChI is InChI=1S/C10H13F2NO3/c11-6-3-5(8(13)4-7(6)12)10(16)9(15)1-2-14/h3-4,9-10,14-16H,1-2,13H2. The van der Waals surface area contributed by atoms with Gasteiger partial charge in [0.05, 0.1) is 6.10 Å². The third-order valence-electron chi connectivity index (χ3n) is 2.23. The lowest BCUT2D eigenvalue weighted by Gasteiger charge is -2.19. The molecule has 0 radical (unpaired) electrons. The van der Waals surface area contributed by atoms with Gasteiger partial charge in [0.2, 0.25) is 0 Å². The van der Waals surface area contributed by atoms with Crippen molar-refractivity contribution in [2.24, 2.45) is 0 Å². The van der Waals surface area contributed by atoms with Crippen LogP contribution in [0.2, 0.25) is 0 Å². The minimum Gasteiger partial charge on any atom is -0.398 e. The number of aliphatic hydroxyl groups is 3. The highest BCUT2D eigenvalue weighted by Crippen LogP contribution is 2.26. The van der Waals surface area contributed by atoms with Crippen LogP contribution in [-0.4, -0.2) is 28.0 Å². The van der Waals surface area contributed by atoms with Gasteiger partial charge in [0.1, 0.15) is 6.10 Å². The molecule has 0 fully saturated rings. The van der Waals surface area contributed by atoms with Crippen molar-refractivity contribution in [1.82, 2.24) is 0 Å². The quantitative estimate of drug-likeness (QED) is 0.564. The number of nitrogen functional groups attached to an aromatic ring is 1. The van der Waals surface area contributed by atoms with E-state index in [1.54, 1.807) is 0 Å². The Bertz CT molecular complexity index is 373. The molecule has 2 atom stereocenters. The molecule has 4 nitrogen and oxygen atoms in total. The van der Waals surface area contributed by atoms with Crippen molar-refractivity contribution in [3.05, 3.63) is 29.3 Å². The lowest BCUT2D eigenvalue weighted by molar-refractivity contribution is 0.00442. The number of hydrogen-bond donors (Lipinski definition) is 4. The summed E-state index contributed by atoms with van der Waals surface area (Å²) in [4.78, 5) is 0. The summed E-state index contributed by atoms with van der Waals surface area (Å²) in [5.74, 6) is -2.27.